The lowest BCUT2D eigenvalue weighted by molar-refractivity contribution is 0.627. The number of aromatic amines is 1. The fraction of sp³-hybridized carbons (Fsp3) is 0.0909. The van der Waals surface area contributed by atoms with E-state index in [1.54, 1.807) is 6.07 Å². The fourth-order valence-electron chi connectivity index (χ4n) is 1.30. The van der Waals surface area contributed by atoms with Crippen LogP contribution in [0, 0.1) is 9.39 Å². The highest BCUT2D eigenvalue weighted by Crippen LogP contribution is 2.19. The normalized spacial score (nSPS) is 10.3. The summed E-state index contributed by atoms with van der Waals surface area (Å²) in [6, 6.07) is 8.67. The van der Waals surface area contributed by atoms with Crippen LogP contribution in [0.25, 0.3) is 0 Å². The Hall–Kier alpha value is -1.04. The van der Waals surface area contributed by atoms with Crippen LogP contribution in [0.2, 0.25) is 0 Å². The number of aromatic nitrogens is 1. The smallest absolute Gasteiger partial charge is 0.124 e. The van der Waals surface area contributed by atoms with E-state index in [0.29, 0.717) is 6.54 Å². The first-order valence-corrected chi connectivity index (χ1v) is 5.65. The van der Waals surface area contributed by atoms with Gasteiger partial charge in [0.05, 0.1) is 6.54 Å². The number of hydrogen-bond acceptors (Lipinski definition) is 1. The van der Waals surface area contributed by atoms with E-state index in [1.165, 1.54) is 12.1 Å². The Morgan fingerprint density at radius 1 is 1.33 bits per heavy atom. The standard InChI is InChI=1S/C11H10FIN2/c12-8-3-4-11(10(13)6-8)15-7-9-2-1-5-14-9/h1-6,14-15H,7H2. The van der Waals surface area contributed by atoms with E-state index >= 15 is 0 Å². The zero-order chi connectivity index (χ0) is 10.7. The highest BCUT2D eigenvalue weighted by atomic mass is 127. The van der Waals surface area contributed by atoms with Crippen molar-refractivity contribution in [2.45, 2.75) is 6.54 Å². The second-order valence-corrected chi connectivity index (χ2v) is 4.34. The summed E-state index contributed by atoms with van der Waals surface area (Å²) < 4.78 is 13.7. The molecule has 0 unspecified atom stereocenters. The molecule has 1 heterocycles. The van der Waals surface area contributed by atoms with Gasteiger partial charge < -0.3 is 10.3 Å². The molecule has 0 atom stereocenters. The van der Waals surface area contributed by atoms with Gasteiger partial charge in [0, 0.05) is 21.1 Å². The van der Waals surface area contributed by atoms with Gasteiger partial charge in [0.25, 0.3) is 0 Å². The summed E-state index contributed by atoms with van der Waals surface area (Å²) in [5.41, 5.74) is 2.06. The number of H-pyrrole nitrogens is 1. The Morgan fingerprint density at radius 2 is 2.20 bits per heavy atom. The zero-order valence-corrected chi connectivity index (χ0v) is 10.1. The number of hydrogen-bond donors (Lipinski definition) is 2. The molecule has 0 radical (unpaired) electrons. The van der Waals surface area contributed by atoms with E-state index in [2.05, 4.69) is 32.9 Å². The van der Waals surface area contributed by atoms with Gasteiger partial charge in [-0.15, -0.1) is 0 Å². The maximum absolute atomic E-state index is 12.8. The van der Waals surface area contributed by atoms with Crippen LogP contribution in [-0.4, -0.2) is 4.98 Å². The third-order valence-corrected chi connectivity index (χ3v) is 2.96. The molecule has 0 aliphatic carbocycles. The zero-order valence-electron chi connectivity index (χ0n) is 7.93. The van der Waals surface area contributed by atoms with Crippen molar-refractivity contribution in [2.24, 2.45) is 0 Å². The molecule has 1 aromatic heterocycles. The molecule has 0 saturated carbocycles. The Labute approximate surface area is 101 Å². The summed E-state index contributed by atoms with van der Waals surface area (Å²) in [7, 11) is 0. The van der Waals surface area contributed by atoms with Crippen molar-refractivity contribution in [1.29, 1.82) is 0 Å². The van der Waals surface area contributed by atoms with Crippen molar-refractivity contribution < 1.29 is 4.39 Å². The molecule has 0 saturated heterocycles. The molecule has 2 nitrogen and oxygen atoms in total. The van der Waals surface area contributed by atoms with Crippen LogP contribution in [0.1, 0.15) is 5.69 Å². The number of rotatable bonds is 3. The lowest BCUT2D eigenvalue weighted by Crippen LogP contribution is -2.01. The van der Waals surface area contributed by atoms with Crippen molar-refractivity contribution in [1.82, 2.24) is 4.98 Å². The van der Waals surface area contributed by atoms with Crippen LogP contribution < -0.4 is 5.32 Å². The minimum atomic E-state index is -0.204. The quantitative estimate of drug-likeness (QED) is 0.835. The van der Waals surface area contributed by atoms with Gasteiger partial charge in [0.15, 0.2) is 0 Å². The van der Waals surface area contributed by atoms with Crippen molar-refractivity contribution in [3.8, 4) is 0 Å². The average Bonchev–Trinajstić information content (AvgIpc) is 2.69. The first kappa shape index (κ1) is 10.5. The molecular formula is C11H10FIN2. The lowest BCUT2D eigenvalue weighted by Gasteiger charge is -2.07. The topological polar surface area (TPSA) is 27.8 Å². The summed E-state index contributed by atoms with van der Waals surface area (Å²) in [5.74, 6) is -0.204. The van der Waals surface area contributed by atoms with E-state index in [4.69, 9.17) is 0 Å². The van der Waals surface area contributed by atoms with E-state index < -0.39 is 0 Å². The second-order valence-electron chi connectivity index (χ2n) is 3.17. The predicted molar refractivity (Wildman–Crippen MR) is 67.2 cm³/mol. The molecule has 2 rings (SSSR count). The minimum absolute atomic E-state index is 0.204. The van der Waals surface area contributed by atoms with Gasteiger partial charge in [-0.3, -0.25) is 0 Å². The van der Waals surface area contributed by atoms with Gasteiger partial charge in [0.2, 0.25) is 0 Å². The third kappa shape index (κ3) is 2.71. The number of benzene rings is 1. The highest BCUT2D eigenvalue weighted by molar-refractivity contribution is 14.1. The van der Waals surface area contributed by atoms with E-state index in [0.717, 1.165) is 15.0 Å². The van der Waals surface area contributed by atoms with Crippen molar-refractivity contribution in [3.05, 3.63) is 51.6 Å². The van der Waals surface area contributed by atoms with Gasteiger partial charge in [-0.25, -0.2) is 4.39 Å². The summed E-state index contributed by atoms with van der Waals surface area (Å²) in [6.45, 7) is 0.717. The fourth-order valence-corrected chi connectivity index (χ4v) is 1.97. The van der Waals surface area contributed by atoms with Crippen molar-refractivity contribution >= 4 is 28.3 Å². The molecule has 15 heavy (non-hydrogen) atoms. The Kier molecular flexibility index (Phi) is 3.25. The molecule has 0 aliphatic heterocycles. The van der Waals surface area contributed by atoms with Crippen LogP contribution in [0.15, 0.2) is 36.5 Å². The molecule has 0 amide bonds. The molecule has 2 N–H and O–H groups in total. The molecule has 78 valence electrons. The van der Waals surface area contributed by atoms with Crippen LogP contribution >= 0.6 is 22.6 Å². The monoisotopic (exact) mass is 316 g/mol. The third-order valence-electron chi connectivity index (χ3n) is 2.06. The molecule has 2 aromatic rings. The van der Waals surface area contributed by atoms with Crippen molar-refractivity contribution in [3.63, 3.8) is 0 Å². The van der Waals surface area contributed by atoms with Gasteiger partial charge >= 0.3 is 0 Å². The maximum atomic E-state index is 12.8. The van der Waals surface area contributed by atoms with Crippen LogP contribution in [0.5, 0.6) is 0 Å². The summed E-state index contributed by atoms with van der Waals surface area (Å²) in [4.78, 5) is 3.10. The van der Waals surface area contributed by atoms with Crippen molar-refractivity contribution in [2.75, 3.05) is 5.32 Å². The molecule has 4 heteroatoms. The summed E-state index contributed by atoms with van der Waals surface area (Å²) in [6.07, 6.45) is 1.88. The second kappa shape index (κ2) is 4.65. The molecule has 1 aromatic carbocycles. The van der Waals surface area contributed by atoms with E-state index in [-0.39, 0.29) is 5.82 Å². The van der Waals surface area contributed by atoms with Crippen LogP contribution in [-0.2, 0) is 6.54 Å². The number of anilines is 1. The highest BCUT2D eigenvalue weighted by Gasteiger charge is 2.00. The molecular weight excluding hydrogens is 306 g/mol. The molecule has 0 spiro atoms. The number of halogens is 2. The van der Waals surface area contributed by atoms with Gasteiger partial charge in [-0.05, 0) is 52.9 Å². The summed E-state index contributed by atoms with van der Waals surface area (Å²) in [5, 5.41) is 3.24. The first-order valence-electron chi connectivity index (χ1n) is 4.57. The van der Waals surface area contributed by atoms with Crippen LogP contribution in [0.3, 0.4) is 0 Å². The predicted octanol–water partition coefficient (Wildman–Crippen LogP) is 3.37. The van der Waals surface area contributed by atoms with Gasteiger partial charge in [0.1, 0.15) is 5.82 Å². The summed E-state index contributed by atoms with van der Waals surface area (Å²) >= 11 is 2.11. The molecule has 0 aliphatic rings. The average molecular weight is 316 g/mol. The first-order chi connectivity index (χ1) is 7.25. The Balaban J connectivity index is 2.05. The molecule has 0 bridgehead atoms. The maximum Gasteiger partial charge on any atom is 0.124 e. The van der Waals surface area contributed by atoms with Crippen LogP contribution in [0.4, 0.5) is 10.1 Å². The Morgan fingerprint density at radius 3 is 2.87 bits per heavy atom. The number of nitrogens with one attached hydrogen (secondary N) is 2. The van der Waals surface area contributed by atoms with E-state index in [9.17, 15) is 4.39 Å². The van der Waals surface area contributed by atoms with Gasteiger partial charge in [-0.1, -0.05) is 0 Å². The van der Waals surface area contributed by atoms with E-state index in [1.807, 2.05) is 18.3 Å². The largest absolute Gasteiger partial charge is 0.379 e. The Bertz CT molecular complexity index is 440. The molecule has 0 fully saturated rings. The lowest BCUT2D eigenvalue weighted by atomic mass is 10.3. The SMILES string of the molecule is Fc1ccc(NCc2ccc[nH]2)c(I)c1. The minimum Gasteiger partial charge on any atom is -0.379 e. The van der Waals surface area contributed by atoms with Gasteiger partial charge in [-0.2, -0.15) is 0 Å².